The highest BCUT2D eigenvalue weighted by Crippen LogP contribution is 2.70. The zero-order chi connectivity index (χ0) is 27.7. The summed E-state index contributed by atoms with van der Waals surface area (Å²) in [4.78, 5) is 39.7. The van der Waals surface area contributed by atoms with E-state index >= 15 is 0 Å². The van der Waals surface area contributed by atoms with E-state index in [4.69, 9.17) is 9.47 Å². The van der Waals surface area contributed by atoms with Gasteiger partial charge in [-0.1, -0.05) is 49.4 Å². The van der Waals surface area contributed by atoms with Crippen molar-refractivity contribution in [3.05, 3.63) is 60.2 Å². The van der Waals surface area contributed by atoms with Gasteiger partial charge in [0.05, 0.1) is 6.10 Å². The number of hydrogen-bond donors (Lipinski definition) is 3. The van der Waals surface area contributed by atoms with E-state index in [-0.39, 0.29) is 17.7 Å². The van der Waals surface area contributed by atoms with Crippen LogP contribution in [-0.4, -0.2) is 62.9 Å². The molecule has 0 bridgehead atoms. The number of aliphatic hydroxyl groups excluding tert-OH is 1. The second kappa shape index (κ2) is 8.86. The van der Waals surface area contributed by atoms with Gasteiger partial charge in [0.1, 0.15) is 28.3 Å². The number of carbonyl (C=O) groups excluding carboxylic acids is 3. The van der Waals surface area contributed by atoms with Crippen molar-refractivity contribution in [2.24, 2.45) is 23.2 Å². The standard InChI is InChI=1S/C30H37NO7/c1-17-10-9-13-20-25(34)29(5)28(4,38-29)23-21(16-19-11-7-6-8-12-19)31-26(35)30(20,23)22(37-18(2)32)14-15-27(3,36)24(17)33/h6-9,11-15,17,20-23,25,34,36H,10,16H2,1-5H3,(H,31,35)/t17-,20-,21-,22+,23-,25-,27+,28-,29+,30+/m0/s1. The fourth-order valence-corrected chi connectivity index (χ4v) is 7.46. The highest BCUT2D eigenvalue weighted by molar-refractivity contribution is 5.91. The van der Waals surface area contributed by atoms with Crippen LogP contribution in [0.3, 0.4) is 0 Å². The van der Waals surface area contributed by atoms with Gasteiger partial charge in [-0.3, -0.25) is 14.4 Å². The van der Waals surface area contributed by atoms with Crippen molar-refractivity contribution in [2.75, 3.05) is 0 Å². The number of benzene rings is 1. The van der Waals surface area contributed by atoms with Crippen molar-refractivity contribution in [2.45, 2.75) is 82.5 Å². The van der Waals surface area contributed by atoms with E-state index in [1.807, 2.05) is 44.2 Å². The summed E-state index contributed by atoms with van der Waals surface area (Å²) in [5.74, 6) is -3.15. The molecule has 1 spiro atoms. The van der Waals surface area contributed by atoms with E-state index < -0.39 is 58.1 Å². The van der Waals surface area contributed by atoms with Gasteiger partial charge in [0.15, 0.2) is 5.78 Å². The third kappa shape index (κ3) is 3.72. The lowest BCUT2D eigenvalue weighted by molar-refractivity contribution is -0.168. The minimum atomic E-state index is -1.84. The second-order valence-corrected chi connectivity index (χ2v) is 11.9. The first-order valence-electron chi connectivity index (χ1n) is 13.3. The first-order valence-corrected chi connectivity index (χ1v) is 13.3. The zero-order valence-corrected chi connectivity index (χ0v) is 22.5. The van der Waals surface area contributed by atoms with Crippen molar-refractivity contribution < 1.29 is 34.1 Å². The van der Waals surface area contributed by atoms with Crippen molar-refractivity contribution in [1.82, 2.24) is 5.32 Å². The van der Waals surface area contributed by atoms with E-state index in [0.717, 1.165) is 5.56 Å². The summed E-state index contributed by atoms with van der Waals surface area (Å²) in [6, 6.07) is 9.42. The molecule has 0 unspecified atom stereocenters. The van der Waals surface area contributed by atoms with Crippen LogP contribution in [0.4, 0.5) is 0 Å². The van der Waals surface area contributed by atoms with Gasteiger partial charge in [0, 0.05) is 30.7 Å². The quantitative estimate of drug-likeness (QED) is 0.315. The Morgan fingerprint density at radius 3 is 2.47 bits per heavy atom. The summed E-state index contributed by atoms with van der Waals surface area (Å²) in [5.41, 5.74) is -4.08. The van der Waals surface area contributed by atoms with Gasteiger partial charge in [0.2, 0.25) is 5.91 Å². The Morgan fingerprint density at radius 1 is 1.13 bits per heavy atom. The van der Waals surface area contributed by atoms with E-state index in [1.165, 1.54) is 26.0 Å². The predicted molar refractivity (Wildman–Crippen MR) is 139 cm³/mol. The number of ketones is 1. The van der Waals surface area contributed by atoms with Crippen LogP contribution >= 0.6 is 0 Å². The number of nitrogens with one attached hydrogen (secondary N) is 1. The fourth-order valence-electron chi connectivity index (χ4n) is 7.46. The van der Waals surface area contributed by atoms with Crippen LogP contribution in [0.15, 0.2) is 54.6 Å². The Labute approximate surface area is 223 Å². The Balaban J connectivity index is 1.73. The molecule has 10 atom stereocenters. The molecule has 2 aliphatic heterocycles. The van der Waals surface area contributed by atoms with E-state index in [0.29, 0.717) is 12.8 Å². The van der Waals surface area contributed by atoms with Gasteiger partial charge in [-0.2, -0.15) is 0 Å². The average Bonchev–Trinajstić information content (AvgIpc) is 3.32. The molecule has 5 rings (SSSR count). The maximum Gasteiger partial charge on any atom is 0.303 e. The lowest BCUT2D eigenvalue weighted by atomic mass is 9.50. The summed E-state index contributed by atoms with van der Waals surface area (Å²) in [7, 11) is 0. The third-order valence-corrected chi connectivity index (χ3v) is 9.48. The number of aliphatic hydroxyl groups is 2. The SMILES string of the molecule is CC(=O)O[C@@H]1C=C[C@@](C)(O)C(=O)[C@@H](C)CC=C[C@H]2[C@H](O)[C@@]3(C)O[C@@]3(C)[C@@H]3[C@H](Cc4ccccc4)NC(=O)[C@@]312. The first kappa shape index (κ1) is 26.8. The fraction of sp³-hybridized carbons (Fsp3) is 0.567. The monoisotopic (exact) mass is 523 g/mol. The smallest absolute Gasteiger partial charge is 0.303 e. The van der Waals surface area contributed by atoms with Crippen molar-refractivity contribution in [3.8, 4) is 0 Å². The number of epoxide rings is 1. The van der Waals surface area contributed by atoms with Crippen molar-refractivity contribution >= 4 is 17.7 Å². The Morgan fingerprint density at radius 2 is 1.82 bits per heavy atom. The Hall–Kier alpha value is -2.81. The van der Waals surface area contributed by atoms with Crippen LogP contribution < -0.4 is 5.32 Å². The number of fused-ring (bicyclic) bond motifs is 2. The minimum Gasteiger partial charge on any atom is -0.457 e. The molecule has 2 aliphatic carbocycles. The number of carbonyl (C=O) groups is 3. The van der Waals surface area contributed by atoms with Crippen LogP contribution in [0, 0.1) is 23.2 Å². The van der Waals surface area contributed by atoms with Gasteiger partial charge in [-0.05, 0) is 51.3 Å². The third-order valence-electron chi connectivity index (χ3n) is 9.48. The van der Waals surface area contributed by atoms with E-state index in [2.05, 4.69) is 5.32 Å². The van der Waals surface area contributed by atoms with E-state index in [9.17, 15) is 24.6 Å². The second-order valence-electron chi connectivity index (χ2n) is 11.9. The molecular formula is C30H37NO7. The van der Waals surface area contributed by atoms with Crippen LogP contribution in [0.1, 0.15) is 46.6 Å². The first-order chi connectivity index (χ1) is 17.8. The molecule has 1 saturated carbocycles. The summed E-state index contributed by atoms with van der Waals surface area (Å²) in [6.45, 7) is 8.14. The average molecular weight is 524 g/mol. The zero-order valence-electron chi connectivity index (χ0n) is 22.5. The lowest BCUT2D eigenvalue weighted by Gasteiger charge is -2.51. The van der Waals surface area contributed by atoms with Gasteiger partial charge in [-0.25, -0.2) is 0 Å². The van der Waals surface area contributed by atoms with Crippen molar-refractivity contribution in [1.29, 1.82) is 0 Å². The number of ether oxygens (including phenoxy) is 2. The molecule has 1 aromatic carbocycles. The van der Waals surface area contributed by atoms with Gasteiger partial charge >= 0.3 is 5.97 Å². The van der Waals surface area contributed by atoms with E-state index in [1.54, 1.807) is 19.1 Å². The number of esters is 1. The highest BCUT2D eigenvalue weighted by atomic mass is 16.6. The molecule has 0 radical (unpaired) electrons. The number of rotatable bonds is 3. The molecule has 204 valence electrons. The molecule has 4 aliphatic rings. The van der Waals surface area contributed by atoms with Crippen LogP contribution in [0.25, 0.3) is 0 Å². The molecule has 3 N–H and O–H groups in total. The highest BCUT2D eigenvalue weighted by Gasteiger charge is 2.85. The summed E-state index contributed by atoms with van der Waals surface area (Å²) < 4.78 is 12.2. The Bertz CT molecular complexity index is 1210. The molecule has 2 heterocycles. The maximum atomic E-state index is 14.3. The topological polar surface area (TPSA) is 125 Å². The molecular weight excluding hydrogens is 486 g/mol. The summed E-state index contributed by atoms with van der Waals surface area (Å²) in [5, 5.41) is 26.0. The number of allylic oxidation sites excluding steroid dienone is 1. The molecule has 3 fully saturated rings. The number of Topliss-reactive ketones (excluding diaryl/α,β-unsaturated/α-hetero) is 1. The number of amides is 1. The molecule has 8 heteroatoms. The Kier molecular flexibility index (Phi) is 6.25. The number of hydrogen-bond acceptors (Lipinski definition) is 7. The van der Waals surface area contributed by atoms with Crippen LogP contribution in [0.5, 0.6) is 0 Å². The lowest BCUT2D eigenvalue weighted by Crippen LogP contribution is -2.65. The molecule has 2 saturated heterocycles. The minimum absolute atomic E-state index is 0.314. The molecule has 0 aromatic heterocycles. The van der Waals surface area contributed by atoms with Gasteiger partial charge in [-0.15, -0.1) is 0 Å². The predicted octanol–water partition coefficient (Wildman–Crippen LogP) is 2.27. The molecule has 1 aromatic rings. The normalized spacial score (nSPS) is 45.8. The van der Waals surface area contributed by atoms with Gasteiger partial charge in [0.25, 0.3) is 0 Å². The maximum absolute atomic E-state index is 14.3. The molecule has 1 amide bonds. The summed E-state index contributed by atoms with van der Waals surface area (Å²) >= 11 is 0. The summed E-state index contributed by atoms with van der Waals surface area (Å²) in [6.07, 6.45) is 4.92. The van der Waals surface area contributed by atoms with Crippen LogP contribution in [0.2, 0.25) is 0 Å². The molecule has 8 nitrogen and oxygen atoms in total. The molecule has 38 heavy (non-hydrogen) atoms. The van der Waals surface area contributed by atoms with Crippen molar-refractivity contribution in [3.63, 3.8) is 0 Å². The van der Waals surface area contributed by atoms with Crippen LogP contribution in [-0.2, 0) is 30.3 Å². The van der Waals surface area contributed by atoms with Gasteiger partial charge < -0.3 is 25.0 Å². The largest absolute Gasteiger partial charge is 0.457 e.